The first-order valence-corrected chi connectivity index (χ1v) is 4.79. The van der Waals surface area contributed by atoms with E-state index in [9.17, 15) is 17.6 Å². The van der Waals surface area contributed by atoms with Gasteiger partial charge in [0.1, 0.15) is 0 Å². The van der Waals surface area contributed by atoms with Gasteiger partial charge < -0.3 is 5.32 Å². The van der Waals surface area contributed by atoms with Crippen LogP contribution in [0.1, 0.15) is 11.1 Å². The summed E-state index contributed by atoms with van der Waals surface area (Å²) in [6, 6.07) is 5.61. The third-order valence-electron chi connectivity index (χ3n) is 2.44. The Morgan fingerprint density at radius 2 is 1.69 bits per heavy atom. The summed E-state index contributed by atoms with van der Waals surface area (Å²) < 4.78 is 52.3. The molecule has 5 heteroatoms. The number of nitrogens with one attached hydrogen (secondary N) is 1. The maximum Gasteiger partial charge on any atom is 0.428 e. The van der Waals surface area contributed by atoms with E-state index in [1.165, 1.54) is 32.2 Å². The minimum Gasteiger partial charge on any atom is -0.316 e. The van der Waals surface area contributed by atoms with Crippen LogP contribution in [0, 0.1) is 6.92 Å². The molecule has 0 aliphatic carbocycles. The Hall–Kier alpha value is -1.10. The molecule has 0 heterocycles. The summed E-state index contributed by atoms with van der Waals surface area (Å²) in [7, 11) is 1.29. The molecule has 0 bridgehead atoms. The fourth-order valence-electron chi connectivity index (χ4n) is 1.61. The van der Waals surface area contributed by atoms with E-state index in [0.29, 0.717) is 0 Å². The second kappa shape index (κ2) is 4.41. The smallest absolute Gasteiger partial charge is 0.316 e. The summed E-state index contributed by atoms with van der Waals surface area (Å²) in [5, 5.41) is 2.25. The normalized spacial score (nSPS) is 15.9. The zero-order valence-corrected chi connectivity index (χ0v) is 9.03. The lowest BCUT2D eigenvalue weighted by molar-refractivity contribution is -0.233. The van der Waals surface area contributed by atoms with E-state index in [1.807, 2.05) is 0 Å². The monoisotopic (exact) mass is 235 g/mol. The van der Waals surface area contributed by atoms with E-state index in [-0.39, 0.29) is 11.1 Å². The van der Waals surface area contributed by atoms with E-state index in [2.05, 4.69) is 5.32 Å². The minimum atomic E-state index is -4.93. The summed E-state index contributed by atoms with van der Waals surface area (Å²) in [5.74, 6) is 0. The predicted octanol–water partition coefficient (Wildman–Crippen LogP) is 2.94. The van der Waals surface area contributed by atoms with E-state index in [0.717, 1.165) is 0 Å². The second-order valence-electron chi connectivity index (χ2n) is 3.64. The van der Waals surface area contributed by atoms with Crippen LogP contribution in [0.2, 0.25) is 0 Å². The Labute approximate surface area is 91.5 Å². The van der Waals surface area contributed by atoms with Gasteiger partial charge in [-0.25, -0.2) is 4.39 Å². The standard InChI is InChI=1S/C11H13F4N/c1-8-5-3-4-6-9(8)10(12,7-16-2)11(13,14)15/h3-6,16H,7H2,1-2H3. The van der Waals surface area contributed by atoms with Gasteiger partial charge in [0.05, 0.1) is 0 Å². The van der Waals surface area contributed by atoms with Crippen molar-refractivity contribution in [2.75, 3.05) is 13.6 Å². The van der Waals surface area contributed by atoms with E-state index in [1.54, 1.807) is 6.07 Å². The Balaban J connectivity index is 3.28. The first-order chi connectivity index (χ1) is 7.33. The summed E-state index contributed by atoms with van der Waals surface area (Å²) in [4.78, 5) is 0. The first kappa shape index (κ1) is 13.0. The summed E-state index contributed by atoms with van der Waals surface area (Å²) in [5.41, 5.74) is -3.39. The number of likely N-dealkylation sites (N-methyl/N-ethyl adjacent to an activating group) is 1. The molecule has 1 nitrogen and oxygen atoms in total. The van der Waals surface area contributed by atoms with Crippen molar-refractivity contribution in [3.05, 3.63) is 35.4 Å². The zero-order valence-electron chi connectivity index (χ0n) is 9.03. The molecule has 0 aliphatic heterocycles. The van der Waals surface area contributed by atoms with Crippen molar-refractivity contribution < 1.29 is 17.6 Å². The highest BCUT2D eigenvalue weighted by Gasteiger charge is 2.57. The van der Waals surface area contributed by atoms with Crippen molar-refractivity contribution in [2.24, 2.45) is 0 Å². The summed E-state index contributed by atoms with van der Waals surface area (Å²) in [6.45, 7) is 0.673. The van der Waals surface area contributed by atoms with Gasteiger partial charge in [-0.15, -0.1) is 0 Å². The Morgan fingerprint density at radius 3 is 2.12 bits per heavy atom. The first-order valence-electron chi connectivity index (χ1n) is 4.79. The van der Waals surface area contributed by atoms with Gasteiger partial charge in [0.15, 0.2) is 0 Å². The van der Waals surface area contributed by atoms with Gasteiger partial charge in [0, 0.05) is 12.1 Å². The maximum atomic E-state index is 14.1. The number of alkyl halides is 4. The molecule has 1 rings (SSSR count). The van der Waals surface area contributed by atoms with Crippen molar-refractivity contribution in [1.82, 2.24) is 5.32 Å². The van der Waals surface area contributed by atoms with Crippen molar-refractivity contribution in [1.29, 1.82) is 0 Å². The van der Waals surface area contributed by atoms with Gasteiger partial charge >= 0.3 is 6.18 Å². The number of hydrogen-bond donors (Lipinski definition) is 1. The van der Waals surface area contributed by atoms with Crippen LogP contribution in [0.25, 0.3) is 0 Å². The third-order valence-corrected chi connectivity index (χ3v) is 2.44. The number of halogens is 4. The topological polar surface area (TPSA) is 12.0 Å². The zero-order chi connectivity index (χ0) is 12.4. The molecule has 90 valence electrons. The fourth-order valence-corrected chi connectivity index (χ4v) is 1.61. The van der Waals surface area contributed by atoms with Gasteiger partial charge in [-0.3, -0.25) is 0 Å². The van der Waals surface area contributed by atoms with Crippen LogP contribution in [0.15, 0.2) is 24.3 Å². The quantitative estimate of drug-likeness (QED) is 0.794. The summed E-state index contributed by atoms with van der Waals surface area (Å²) >= 11 is 0. The molecule has 1 unspecified atom stereocenters. The SMILES string of the molecule is CNCC(F)(c1ccccc1C)C(F)(F)F. The molecular formula is C11H13F4N. The highest BCUT2D eigenvalue weighted by atomic mass is 19.4. The molecule has 1 aromatic carbocycles. The van der Waals surface area contributed by atoms with Gasteiger partial charge in [-0.05, 0) is 19.5 Å². The molecule has 0 aliphatic rings. The van der Waals surface area contributed by atoms with Crippen LogP contribution in [0.3, 0.4) is 0 Å². The Bertz CT molecular complexity index is 361. The molecule has 0 aromatic heterocycles. The molecule has 0 radical (unpaired) electrons. The van der Waals surface area contributed by atoms with Crippen LogP contribution in [-0.4, -0.2) is 19.8 Å². The Kier molecular flexibility index (Phi) is 3.57. The molecule has 1 atom stereocenters. The number of aryl methyl sites for hydroxylation is 1. The molecular weight excluding hydrogens is 222 g/mol. The highest BCUT2D eigenvalue weighted by molar-refractivity contribution is 5.33. The van der Waals surface area contributed by atoms with E-state index in [4.69, 9.17) is 0 Å². The number of hydrogen-bond acceptors (Lipinski definition) is 1. The summed E-state index contributed by atoms with van der Waals surface area (Å²) in [6.07, 6.45) is -4.93. The van der Waals surface area contributed by atoms with Crippen LogP contribution in [-0.2, 0) is 5.67 Å². The van der Waals surface area contributed by atoms with Gasteiger partial charge in [0.2, 0.25) is 5.67 Å². The largest absolute Gasteiger partial charge is 0.428 e. The van der Waals surface area contributed by atoms with E-state index < -0.39 is 18.4 Å². The van der Waals surface area contributed by atoms with Crippen molar-refractivity contribution in [2.45, 2.75) is 18.8 Å². The van der Waals surface area contributed by atoms with Gasteiger partial charge in [0.25, 0.3) is 0 Å². The molecule has 16 heavy (non-hydrogen) atoms. The lowest BCUT2D eigenvalue weighted by atomic mass is 9.91. The van der Waals surface area contributed by atoms with Crippen molar-refractivity contribution in [3.63, 3.8) is 0 Å². The lowest BCUT2D eigenvalue weighted by Gasteiger charge is -2.29. The van der Waals surface area contributed by atoms with Crippen molar-refractivity contribution in [3.8, 4) is 0 Å². The minimum absolute atomic E-state index is 0.289. The maximum absolute atomic E-state index is 14.1. The molecule has 0 saturated carbocycles. The second-order valence-corrected chi connectivity index (χ2v) is 3.64. The molecule has 1 N–H and O–H groups in total. The van der Waals surface area contributed by atoms with Crippen LogP contribution in [0.4, 0.5) is 17.6 Å². The average molecular weight is 235 g/mol. The molecule has 0 spiro atoms. The van der Waals surface area contributed by atoms with Crippen LogP contribution < -0.4 is 5.32 Å². The lowest BCUT2D eigenvalue weighted by Crippen LogP contribution is -2.46. The van der Waals surface area contributed by atoms with Gasteiger partial charge in [-0.1, -0.05) is 24.3 Å². The predicted molar refractivity (Wildman–Crippen MR) is 53.9 cm³/mol. The van der Waals surface area contributed by atoms with Crippen LogP contribution in [0.5, 0.6) is 0 Å². The molecule has 0 saturated heterocycles. The molecule has 0 amide bonds. The molecule has 0 fully saturated rings. The van der Waals surface area contributed by atoms with E-state index >= 15 is 0 Å². The number of rotatable bonds is 3. The Morgan fingerprint density at radius 1 is 1.12 bits per heavy atom. The molecule has 1 aromatic rings. The highest BCUT2D eigenvalue weighted by Crippen LogP contribution is 2.43. The third kappa shape index (κ3) is 2.19. The number of benzene rings is 1. The fraction of sp³-hybridized carbons (Fsp3) is 0.455. The van der Waals surface area contributed by atoms with Gasteiger partial charge in [-0.2, -0.15) is 13.2 Å². The van der Waals surface area contributed by atoms with Crippen LogP contribution >= 0.6 is 0 Å². The van der Waals surface area contributed by atoms with Crippen molar-refractivity contribution >= 4 is 0 Å². The average Bonchev–Trinajstić information content (AvgIpc) is 2.16.